The first kappa shape index (κ1) is 23.3. The molecule has 2 aromatic carbocycles. The molecular formula is C27H35N3O3. The van der Waals surface area contributed by atoms with Crippen molar-refractivity contribution in [3.05, 3.63) is 54.6 Å². The second kappa shape index (κ2) is 10.8. The molecule has 2 saturated heterocycles. The highest BCUT2D eigenvalue weighted by molar-refractivity contribution is 5.79. The van der Waals surface area contributed by atoms with Gasteiger partial charge in [-0.05, 0) is 29.9 Å². The predicted octanol–water partition coefficient (Wildman–Crippen LogP) is 3.38. The number of carbonyl (C=O) groups is 2. The minimum Gasteiger partial charge on any atom is -0.483 e. The summed E-state index contributed by atoms with van der Waals surface area (Å²) < 4.78 is 5.93. The fraction of sp³-hybridized carbons (Fsp3) is 0.481. The lowest BCUT2D eigenvalue weighted by atomic mass is 9.92. The van der Waals surface area contributed by atoms with Crippen molar-refractivity contribution < 1.29 is 14.3 Å². The van der Waals surface area contributed by atoms with Crippen molar-refractivity contribution in [1.82, 2.24) is 14.7 Å². The van der Waals surface area contributed by atoms with Crippen LogP contribution in [0.2, 0.25) is 0 Å². The predicted molar refractivity (Wildman–Crippen MR) is 130 cm³/mol. The number of para-hydroxylation sites is 1. The minimum absolute atomic E-state index is 0.0116. The zero-order valence-corrected chi connectivity index (χ0v) is 19.8. The molecule has 2 atom stereocenters. The summed E-state index contributed by atoms with van der Waals surface area (Å²) in [6.45, 7) is 9.34. The topological polar surface area (TPSA) is 53.1 Å². The van der Waals surface area contributed by atoms with Gasteiger partial charge in [0, 0.05) is 44.8 Å². The van der Waals surface area contributed by atoms with E-state index >= 15 is 0 Å². The van der Waals surface area contributed by atoms with E-state index < -0.39 is 0 Å². The van der Waals surface area contributed by atoms with E-state index in [0.717, 1.165) is 37.3 Å². The molecule has 0 aliphatic carbocycles. The minimum atomic E-state index is -0.0116. The van der Waals surface area contributed by atoms with Gasteiger partial charge in [-0.15, -0.1) is 0 Å². The van der Waals surface area contributed by atoms with Gasteiger partial charge >= 0.3 is 0 Å². The van der Waals surface area contributed by atoms with Crippen LogP contribution in [0.5, 0.6) is 5.75 Å². The molecule has 2 aliphatic heterocycles. The molecule has 0 spiro atoms. The molecule has 176 valence electrons. The van der Waals surface area contributed by atoms with Crippen LogP contribution in [0, 0.1) is 11.8 Å². The van der Waals surface area contributed by atoms with Gasteiger partial charge in [0.05, 0.1) is 6.54 Å². The zero-order valence-electron chi connectivity index (χ0n) is 19.8. The molecule has 6 heteroatoms. The first-order valence-corrected chi connectivity index (χ1v) is 12.0. The van der Waals surface area contributed by atoms with Crippen LogP contribution in [0.3, 0.4) is 0 Å². The summed E-state index contributed by atoms with van der Waals surface area (Å²) in [6.07, 6.45) is 1.20. The van der Waals surface area contributed by atoms with Crippen LogP contribution in [-0.2, 0) is 9.59 Å². The maximum Gasteiger partial charge on any atom is 0.260 e. The number of rotatable bonds is 6. The largest absolute Gasteiger partial charge is 0.483 e. The molecule has 2 fully saturated rings. The molecule has 2 aliphatic rings. The Morgan fingerprint density at radius 2 is 1.45 bits per heavy atom. The van der Waals surface area contributed by atoms with Gasteiger partial charge in [-0.3, -0.25) is 14.5 Å². The number of piperazine rings is 1. The lowest BCUT2D eigenvalue weighted by molar-refractivity contribution is -0.137. The SMILES string of the molecule is C[C@@H]1C[C@H](C)CN(C(=O)CN2CCN(C(=O)COc3ccccc3-c3ccccc3)CC2)C1. The maximum absolute atomic E-state index is 12.8. The van der Waals surface area contributed by atoms with Crippen molar-refractivity contribution in [2.24, 2.45) is 11.8 Å². The molecule has 2 amide bonds. The summed E-state index contributed by atoms with van der Waals surface area (Å²) >= 11 is 0. The van der Waals surface area contributed by atoms with E-state index in [9.17, 15) is 9.59 Å². The molecule has 33 heavy (non-hydrogen) atoms. The number of nitrogens with zero attached hydrogens (tertiary/aromatic N) is 3. The van der Waals surface area contributed by atoms with Crippen molar-refractivity contribution in [2.45, 2.75) is 20.3 Å². The Hall–Kier alpha value is -2.86. The molecule has 0 N–H and O–H groups in total. The molecule has 2 heterocycles. The van der Waals surface area contributed by atoms with Crippen molar-refractivity contribution in [2.75, 3.05) is 52.4 Å². The lowest BCUT2D eigenvalue weighted by Crippen LogP contribution is -2.53. The summed E-state index contributed by atoms with van der Waals surface area (Å²) in [4.78, 5) is 31.6. The van der Waals surface area contributed by atoms with E-state index in [1.807, 2.05) is 64.4 Å². The Morgan fingerprint density at radius 3 is 2.15 bits per heavy atom. The standard InChI is InChI=1S/C27H35N3O3/c1-21-16-22(2)18-30(17-21)26(31)19-28-12-14-29(15-13-28)27(32)20-33-25-11-7-6-10-24(25)23-8-4-3-5-9-23/h3-11,21-22H,12-20H2,1-2H3/t21-,22+. The number of hydrogen-bond acceptors (Lipinski definition) is 4. The van der Waals surface area contributed by atoms with Crippen molar-refractivity contribution in [3.63, 3.8) is 0 Å². The highest BCUT2D eigenvalue weighted by Gasteiger charge is 2.28. The number of amides is 2. The Kier molecular flexibility index (Phi) is 7.65. The van der Waals surface area contributed by atoms with Gasteiger partial charge in [0.2, 0.25) is 5.91 Å². The normalized spacial score (nSPS) is 21.6. The van der Waals surface area contributed by atoms with E-state index in [2.05, 4.69) is 18.7 Å². The Labute approximate surface area is 197 Å². The van der Waals surface area contributed by atoms with E-state index in [0.29, 0.717) is 37.2 Å². The van der Waals surface area contributed by atoms with Gasteiger partial charge in [0.15, 0.2) is 6.61 Å². The van der Waals surface area contributed by atoms with E-state index in [4.69, 9.17) is 4.74 Å². The number of hydrogen-bond donors (Lipinski definition) is 0. The average Bonchev–Trinajstić information content (AvgIpc) is 2.83. The van der Waals surface area contributed by atoms with E-state index in [-0.39, 0.29) is 18.4 Å². The molecule has 0 saturated carbocycles. The summed E-state index contributed by atoms with van der Waals surface area (Å²) in [7, 11) is 0. The number of likely N-dealkylation sites (tertiary alicyclic amines) is 1. The number of benzene rings is 2. The zero-order chi connectivity index (χ0) is 23.2. The molecule has 0 bridgehead atoms. The van der Waals surface area contributed by atoms with E-state index in [1.54, 1.807) is 0 Å². The van der Waals surface area contributed by atoms with Crippen LogP contribution in [0.4, 0.5) is 0 Å². The fourth-order valence-corrected chi connectivity index (χ4v) is 4.99. The number of piperidine rings is 1. The van der Waals surface area contributed by atoms with E-state index in [1.165, 1.54) is 6.42 Å². The first-order valence-electron chi connectivity index (χ1n) is 12.0. The highest BCUT2D eigenvalue weighted by atomic mass is 16.5. The van der Waals surface area contributed by atoms with Gasteiger partial charge < -0.3 is 14.5 Å². The van der Waals surface area contributed by atoms with Crippen molar-refractivity contribution in [3.8, 4) is 16.9 Å². The molecule has 4 rings (SSSR count). The third-order valence-corrected chi connectivity index (χ3v) is 6.63. The van der Waals surface area contributed by atoms with Gasteiger partial charge in [-0.1, -0.05) is 62.4 Å². The number of carbonyl (C=O) groups excluding carboxylic acids is 2. The molecule has 0 unspecified atom stereocenters. The maximum atomic E-state index is 12.8. The first-order chi connectivity index (χ1) is 16.0. The lowest BCUT2D eigenvalue weighted by Gasteiger charge is -2.38. The molecule has 2 aromatic rings. The van der Waals surface area contributed by atoms with Gasteiger partial charge in [0.1, 0.15) is 5.75 Å². The summed E-state index contributed by atoms with van der Waals surface area (Å²) in [5.74, 6) is 2.06. The third kappa shape index (κ3) is 6.14. The second-order valence-electron chi connectivity index (χ2n) is 9.55. The van der Waals surface area contributed by atoms with Gasteiger partial charge in [-0.2, -0.15) is 0 Å². The van der Waals surface area contributed by atoms with Crippen LogP contribution in [0.15, 0.2) is 54.6 Å². The Bertz CT molecular complexity index is 931. The van der Waals surface area contributed by atoms with Crippen molar-refractivity contribution >= 4 is 11.8 Å². The van der Waals surface area contributed by atoms with Crippen LogP contribution < -0.4 is 4.74 Å². The van der Waals surface area contributed by atoms with Crippen LogP contribution in [0.25, 0.3) is 11.1 Å². The monoisotopic (exact) mass is 449 g/mol. The third-order valence-electron chi connectivity index (χ3n) is 6.63. The molecule has 0 radical (unpaired) electrons. The Balaban J connectivity index is 1.25. The quantitative estimate of drug-likeness (QED) is 0.679. The van der Waals surface area contributed by atoms with Crippen LogP contribution in [-0.4, -0.2) is 78.9 Å². The van der Waals surface area contributed by atoms with Crippen molar-refractivity contribution in [1.29, 1.82) is 0 Å². The highest BCUT2D eigenvalue weighted by Crippen LogP contribution is 2.29. The Morgan fingerprint density at radius 1 is 0.818 bits per heavy atom. The van der Waals surface area contributed by atoms with Crippen LogP contribution >= 0.6 is 0 Å². The summed E-state index contributed by atoms with van der Waals surface area (Å²) in [5.41, 5.74) is 2.05. The smallest absolute Gasteiger partial charge is 0.260 e. The van der Waals surface area contributed by atoms with Crippen LogP contribution in [0.1, 0.15) is 20.3 Å². The molecular weight excluding hydrogens is 414 g/mol. The average molecular weight is 450 g/mol. The second-order valence-corrected chi connectivity index (χ2v) is 9.55. The molecule has 6 nitrogen and oxygen atoms in total. The fourth-order valence-electron chi connectivity index (χ4n) is 4.99. The summed E-state index contributed by atoms with van der Waals surface area (Å²) in [6, 6.07) is 17.9. The van der Waals surface area contributed by atoms with Gasteiger partial charge in [0.25, 0.3) is 5.91 Å². The van der Waals surface area contributed by atoms with Gasteiger partial charge in [-0.25, -0.2) is 0 Å². The molecule has 0 aromatic heterocycles. The summed E-state index contributed by atoms with van der Waals surface area (Å²) in [5, 5.41) is 0. The number of ether oxygens (including phenoxy) is 1.